The fourth-order valence-electron chi connectivity index (χ4n) is 3.24. The lowest BCUT2D eigenvalue weighted by atomic mass is 9.82. The first-order valence-electron chi connectivity index (χ1n) is 10.3. The number of rotatable bonds is 15. The largest absolute Gasteiger partial charge is 0.459 e. The molecule has 0 aliphatic carbocycles. The average Bonchev–Trinajstić information content (AvgIpc) is 3.28. The molecule has 0 radical (unpaired) electrons. The molecule has 2 heterocycles. The number of thiophene rings is 1. The summed E-state index contributed by atoms with van der Waals surface area (Å²) in [7, 11) is 1.59. The van der Waals surface area contributed by atoms with Gasteiger partial charge in [0.05, 0.1) is 33.0 Å². The molecule has 170 valence electrons. The Morgan fingerprint density at radius 1 is 1.23 bits per heavy atom. The third-order valence-corrected chi connectivity index (χ3v) is 5.36. The van der Waals surface area contributed by atoms with Crippen LogP contribution >= 0.6 is 11.3 Å². The van der Waals surface area contributed by atoms with E-state index in [1.807, 2.05) is 18.4 Å². The highest BCUT2D eigenvalue weighted by molar-refractivity contribution is 7.08. The zero-order valence-corrected chi connectivity index (χ0v) is 18.5. The Hall–Kier alpha value is -1.49. The SMILES string of the molecule is CCOC1OC(C(=O)NCCOC)=CC(c2ccsc2)C1CCOCCOCCO. The zero-order chi connectivity index (χ0) is 21.6. The molecular weight excluding hydrogens is 410 g/mol. The Bertz CT molecular complexity index is 623. The molecule has 1 amide bonds. The van der Waals surface area contributed by atoms with E-state index < -0.39 is 6.29 Å². The van der Waals surface area contributed by atoms with E-state index in [-0.39, 0.29) is 30.1 Å². The summed E-state index contributed by atoms with van der Waals surface area (Å²) in [6.45, 7) is 4.96. The molecular formula is C21H33NO7S. The topological polar surface area (TPSA) is 95.5 Å². The summed E-state index contributed by atoms with van der Waals surface area (Å²) in [6.07, 6.45) is 2.05. The second-order valence-electron chi connectivity index (χ2n) is 6.70. The fourth-order valence-corrected chi connectivity index (χ4v) is 3.95. The molecule has 0 saturated carbocycles. The van der Waals surface area contributed by atoms with Gasteiger partial charge in [0, 0.05) is 38.7 Å². The second-order valence-corrected chi connectivity index (χ2v) is 7.48. The molecule has 1 aromatic rings. The van der Waals surface area contributed by atoms with Crippen molar-refractivity contribution >= 4 is 17.2 Å². The molecule has 2 N–H and O–H groups in total. The van der Waals surface area contributed by atoms with E-state index in [1.54, 1.807) is 18.4 Å². The zero-order valence-electron chi connectivity index (χ0n) is 17.7. The number of allylic oxidation sites excluding steroid dienone is 1. The van der Waals surface area contributed by atoms with Crippen LogP contribution in [0, 0.1) is 5.92 Å². The van der Waals surface area contributed by atoms with Gasteiger partial charge in [-0.3, -0.25) is 4.79 Å². The van der Waals surface area contributed by atoms with Crippen LogP contribution in [0.3, 0.4) is 0 Å². The summed E-state index contributed by atoms with van der Waals surface area (Å²) in [5, 5.41) is 15.6. The van der Waals surface area contributed by atoms with Crippen molar-refractivity contribution in [3.05, 3.63) is 34.2 Å². The molecule has 0 spiro atoms. The minimum Gasteiger partial charge on any atom is -0.459 e. The Morgan fingerprint density at radius 3 is 2.70 bits per heavy atom. The molecule has 0 aromatic carbocycles. The van der Waals surface area contributed by atoms with Crippen molar-refractivity contribution in [3.8, 4) is 0 Å². The highest BCUT2D eigenvalue weighted by atomic mass is 32.1. The smallest absolute Gasteiger partial charge is 0.286 e. The third kappa shape index (κ3) is 7.98. The van der Waals surface area contributed by atoms with Crippen LogP contribution in [-0.4, -0.2) is 77.2 Å². The molecule has 30 heavy (non-hydrogen) atoms. The van der Waals surface area contributed by atoms with Crippen LogP contribution in [0.5, 0.6) is 0 Å². The molecule has 0 saturated heterocycles. The van der Waals surface area contributed by atoms with E-state index in [4.69, 9.17) is 28.8 Å². The summed E-state index contributed by atoms with van der Waals surface area (Å²) < 4.78 is 27.7. The van der Waals surface area contributed by atoms with E-state index in [9.17, 15) is 4.79 Å². The van der Waals surface area contributed by atoms with Crippen molar-refractivity contribution in [2.75, 3.05) is 59.9 Å². The maximum atomic E-state index is 12.6. The van der Waals surface area contributed by atoms with Crippen LogP contribution in [0.25, 0.3) is 0 Å². The maximum absolute atomic E-state index is 12.6. The van der Waals surface area contributed by atoms with Gasteiger partial charge in [-0.2, -0.15) is 11.3 Å². The number of aliphatic hydroxyl groups is 1. The van der Waals surface area contributed by atoms with E-state index in [2.05, 4.69) is 16.8 Å². The van der Waals surface area contributed by atoms with Crippen LogP contribution < -0.4 is 5.32 Å². The molecule has 3 unspecified atom stereocenters. The molecule has 0 fully saturated rings. The number of amides is 1. The van der Waals surface area contributed by atoms with Crippen LogP contribution in [0.4, 0.5) is 0 Å². The molecule has 1 aliphatic heterocycles. The van der Waals surface area contributed by atoms with Crippen molar-refractivity contribution in [1.29, 1.82) is 0 Å². The fraction of sp³-hybridized carbons (Fsp3) is 0.667. The standard InChI is InChI=1S/C21H33NO7S/c1-3-28-21-17(4-8-26-11-12-27-10-7-23)18(16-5-13-30-15-16)14-19(29-21)20(24)22-6-9-25-2/h5,13-15,17-18,21,23H,3-4,6-12H2,1-2H3,(H,22,24). The number of hydrogen-bond donors (Lipinski definition) is 2. The Labute approximate surface area is 182 Å². The van der Waals surface area contributed by atoms with Crippen LogP contribution in [0.2, 0.25) is 0 Å². The van der Waals surface area contributed by atoms with Crippen molar-refractivity contribution < 1.29 is 33.6 Å². The number of nitrogens with one attached hydrogen (secondary N) is 1. The number of aliphatic hydroxyl groups excluding tert-OH is 1. The van der Waals surface area contributed by atoms with Crippen LogP contribution in [-0.2, 0) is 28.5 Å². The van der Waals surface area contributed by atoms with Crippen molar-refractivity contribution in [2.45, 2.75) is 25.6 Å². The van der Waals surface area contributed by atoms with Crippen LogP contribution in [0.15, 0.2) is 28.7 Å². The van der Waals surface area contributed by atoms with E-state index in [0.717, 1.165) is 5.56 Å². The predicted octanol–water partition coefficient (Wildman–Crippen LogP) is 1.90. The van der Waals surface area contributed by atoms with E-state index in [0.29, 0.717) is 52.6 Å². The number of carbonyl (C=O) groups excluding carboxylic acids is 1. The predicted molar refractivity (Wildman–Crippen MR) is 113 cm³/mol. The van der Waals surface area contributed by atoms with Gasteiger partial charge in [-0.1, -0.05) is 0 Å². The number of methoxy groups -OCH3 is 1. The monoisotopic (exact) mass is 443 g/mol. The number of carbonyl (C=O) groups is 1. The lowest BCUT2D eigenvalue weighted by Crippen LogP contribution is -2.39. The third-order valence-electron chi connectivity index (χ3n) is 4.66. The molecule has 9 heteroatoms. The lowest BCUT2D eigenvalue weighted by Gasteiger charge is -2.36. The first kappa shape index (κ1) is 24.8. The van der Waals surface area contributed by atoms with Gasteiger partial charge in [0.15, 0.2) is 5.76 Å². The van der Waals surface area contributed by atoms with Gasteiger partial charge >= 0.3 is 0 Å². The molecule has 8 nitrogen and oxygen atoms in total. The van der Waals surface area contributed by atoms with Gasteiger partial charge in [0.25, 0.3) is 5.91 Å². The lowest BCUT2D eigenvalue weighted by molar-refractivity contribution is -0.168. The number of hydrogen-bond acceptors (Lipinski definition) is 8. The van der Waals surface area contributed by atoms with Crippen molar-refractivity contribution in [2.24, 2.45) is 5.92 Å². The summed E-state index contributed by atoms with van der Waals surface area (Å²) in [6, 6.07) is 2.07. The summed E-state index contributed by atoms with van der Waals surface area (Å²) >= 11 is 1.62. The van der Waals surface area contributed by atoms with Gasteiger partial charge in [0.2, 0.25) is 6.29 Å². The number of ether oxygens (including phenoxy) is 5. The molecule has 2 rings (SSSR count). The minimum absolute atomic E-state index is 0.00544. The highest BCUT2D eigenvalue weighted by Crippen LogP contribution is 2.39. The van der Waals surface area contributed by atoms with Gasteiger partial charge < -0.3 is 34.1 Å². The Morgan fingerprint density at radius 2 is 2.03 bits per heavy atom. The van der Waals surface area contributed by atoms with Gasteiger partial charge in [0.1, 0.15) is 0 Å². The van der Waals surface area contributed by atoms with Gasteiger partial charge in [-0.15, -0.1) is 0 Å². The van der Waals surface area contributed by atoms with Crippen molar-refractivity contribution in [1.82, 2.24) is 5.32 Å². The van der Waals surface area contributed by atoms with E-state index >= 15 is 0 Å². The molecule has 3 atom stereocenters. The molecule has 1 aromatic heterocycles. The maximum Gasteiger partial charge on any atom is 0.286 e. The average molecular weight is 444 g/mol. The molecule has 1 aliphatic rings. The summed E-state index contributed by atoms with van der Waals surface area (Å²) in [4.78, 5) is 12.6. The van der Waals surface area contributed by atoms with Crippen molar-refractivity contribution in [3.63, 3.8) is 0 Å². The normalized spacial score (nSPS) is 21.2. The summed E-state index contributed by atoms with van der Waals surface area (Å²) in [5.74, 6) is -0.00422. The Kier molecular flexibility index (Phi) is 12.0. The minimum atomic E-state index is -0.540. The van der Waals surface area contributed by atoms with E-state index in [1.165, 1.54) is 0 Å². The van der Waals surface area contributed by atoms with Crippen LogP contribution in [0.1, 0.15) is 24.8 Å². The Balaban J connectivity index is 2.05. The quantitative estimate of drug-likeness (QED) is 0.400. The second kappa shape index (κ2) is 14.5. The first-order chi connectivity index (χ1) is 14.7. The summed E-state index contributed by atoms with van der Waals surface area (Å²) in [5.41, 5.74) is 1.13. The first-order valence-corrected chi connectivity index (χ1v) is 11.2. The highest BCUT2D eigenvalue weighted by Gasteiger charge is 2.38. The molecule has 0 bridgehead atoms. The van der Waals surface area contributed by atoms with Gasteiger partial charge in [-0.25, -0.2) is 0 Å². The van der Waals surface area contributed by atoms with Gasteiger partial charge in [-0.05, 0) is 41.8 Å².